The molecule has 210 valence electrons. The first-order valence-electron chi connectivity index (χ1n) is 13.1. The summed E-state index contributed by atoms with van der Waals surface area (Å²) in [6, 6.07) is 21.2. The molecule has 0 radical (unpaired) electrons. The molecule has 0 bridgehead atoms. The van der Waals surface area contributed by atoms with Gasteiger partial charge in [-0.25, -0.2) is 0 Å². The zero-order valence-corrected chi connectivity index (χ0v) is 22.5. The Balaban J connectivity index is 1.63. The molecule has 0 saturated heterocycles. The number of ether oxygens (including phenoxy) is 1. The second-order valence-electron chi connectivity index (χ2n) is 10.3. The van der Waals surface area contributed by atoms with Gasteiger partial charge >= 0.3 is 6.18 Å². The number of nitrogens with two attached hydrogens (primary N) is 1. The average molecular weight is 551 g/mol. The topological polar surface area (TPSA) is 93.0 Å². The summed E-state index contributed by atoms with van der Waals surface area (Å²) in [7, 11) is 0. The fraction of sp³-hybridized carbons (Fsp3) is 0.290. The molecule has 4 N–H and O–H groups in total. The normalized spacial score (nSPS) is 12.8. The number of nitrogens with one attached hydrogen (secondary N) is 2. The van der Waals surface area contributed by atoms with Gasteiger partial charge in [-0.15, -0.1) is 0 Å². The lowest BCUT2D eigenvalue weighted by atomic mass is 9.87. The van der Waals surface area contributed by atoms with Crippen LogP contribution < -0.4 is 15.8 Å². The molecule has 4 aromatic rings. The van der Waals surface area contributed by atoms with Gasteiger partial charge < -0.3 is 15.8 Å². The summed E-state index contributed by atoms with van der Waals surface area (Å²) in [5.41, 5.74) is 8.27. The van der Waals surface area contributed by atoms with E-state index in [0.29, 0.717) is 54.0 Å². The number of hydrogen-bond donors (Lipinski definition) is 3. The molecule has 0 saturated carbocycles. The number of carbonyl (C=O) groups is 1. The Morgan fingerprint density at radius 2 is 1.68 bits per heavy atom. The number of aromatic nitrogens is 2. The molecule has 9 heteroatoms. The van der Waals surface area contributed by atoms with E-state index >= 15 is 0 Å². The van der Waals surface area contributed by atoms with Crippen LogP contribution in [0.25, 0.3) is 22.0 Å². The van der Waals surface area contributed by atoms with Crippen molar-refractivity contribution < 1.29 is 22.7 Å². The summed E-state index contributed by atoms with van der Waals surface area (Å²) in [6.07, 6.45) is -2.92. The monoisotopic (exact) mass is 550 g/mol. The summed E-state index contributed by atoms with van der Waals surface area (Å²) < 4.78 is 47.6. The zero-order chi connectivity index (χ0) is 28.8. The van der Waals surface area contributed by atoms with Crippen LogP contribution in [0.3, 0.4) is 0 Å². The molecule has 1 aromatic heterocycles. The molecule has 3 aromatic carbocycles. The van der Waals surface area contributed by atoms with E-state index in [1.165, 1.54) is 0 Å². The predicted octanol–water partition coefficient (Wildman–Crippen LogP) is 6.49. The number of allylic oxidation sites excluding steroid dienone is 1. The fourth-order valence-corrected chi connectivity index (χ4v) is 4.59. The van der Waals surface area contributed by atoms with Crippen LogP contribution in [0.15, 0.2) is 79.0 Å². The molecule has 0 fully saturated rings. The van der Waals surface area contributed by atoms with Gasteiger partial charge in [0.25, 0.3) is 0 Å². The number of hydrogen-bond acceptors (Lipinski definition) is 4. The molecule has 4 rings (SSSR count). The number of nitrogens with zero attached hydrogens (tertiary/aromatic N) is 1. The molecule has 6 nitrogen and oxygen atoms in total. The molecule has 1 amide bonds. The van der Waals surface area contributed by atoms with Gasteiger partial charge in [0, 0.05) is 23.9 Å². The number of benzene rings is 3. The van der Waals surface area contributed by atoms with E-state index in [1.54, 1.807) is 60.8 Å². The third-order valence-corrected chi connectivity index (χ3v) is 6.64. The Labute approximate surface area is 231 Å². The van der Waals surface area contributed by atoms with Gasteiger partial charge in [-0.1, -0.05) is 48.5 Å². The minimum atomic E-state index is -4.41. The van der Waals surface area contributed by atoms with Crippen molar-refractivity contribution in [2.45, 2.75) is 44.8 Å². The molecule has 0 aliphatic carbocycles. The van der Waals surface area contributed by atoms with Crippen molar-refractivity contribution in [1.29, 1.82) is 0 Å². The lowest BCUT2D eigenvalue weighted by Gasteiger charge is -2.26. The molecule has 0 atom stereocenters. The minimum Gasteiger partial charge on any atom is -0.492 e. The Morgan fingerprint density at radius 3 is 2.35 bits per heavy atom. The third-order valence-electron chi connectivity index (χ3n) is 6.64. The van der Waals surface area contributed by atoms with Crippen LogP contribution in [-0.4, -0.2) is 41.0 Å². The highest BCUT2D eigenvalue weighted by Gasteiger charge is 2.31. The van der Waals surface area contributed by atoms with Gasteiger partial charge in [-0.05, 0) is 72.4 Å². The standard InChI is InChI=1S/C31H33F3N4O2/c1-30(2,15-14-28(35)39)36-16-17-40-25-11-8-22(9-12-25)29(23-10-13-27-24(18-23)20-37-38-27)26(19-31(32,33)34)21-6-4-3-5-7-21/h3-13,18,20,36H,14-17,19H2,1-2H3,(H2,35,39)(H,37,38). The Kier molecular flexibility index (Phi) is 8.94. The number of amides is 1. The van der Waals surface area contributed by atoms with Crippen LogP contribution in [0.4, 0.5) is 13.2 Å². The van der Waals surface area contributed by atoms with Crippen molar-refractivity contribution in [3.8, 4) is 5.75 Å². The number of aromatic amines is 1. The van der Waals surface area contributed by atoms with Crippen LogP contribution in [-0.2, 0) is 4.79 Å². The van der Waals surface area contributed by atoms with E-state index < -0.39 is 12.6 Å². The van der Waals surface area contributed by atoms with Gasteiger partial charge in [0.2, 0.25) is 5.91 Å². The van der Waals surface area contributed by atoms with E-state index in [0.717, 1.165) is 10.9 Å². The lowest BCUT2D eigenvalue weighted by Crippen LogP contribution is -2.42. The Bertz CT molecular complexity index is 1460. The van der Waals surface area contributed by atoms with Gasteiger partial charge in [0.1, 0.15) is 12.4 Å². The van der Waals surface area contributed by atoms with Crippen molar-refractivity contribution in [1.82, 2.24) is 15.5 Å². The van der Waals surface area contributed by atoms with Crippen molar-refractivity contribution in [2.24, 2.45) is 5.73 Å². The van der Waals surface area contributed by atoms with Crippen LogP contribution in [0.2, 0.25) is 0 Å². The maximum Gasteiger partial charge on any atom is 0.393 e. The Hall–Kier alpha value is -4.11. The van der Waals surface area contributed by atoms with Gasteiger partial charge in [0.05, 0.1) is 18.1 Å². The van der Waals surface area contributed by atoms with E-state index in [-0.39, 0.29) is 17.0 Å². The second-order valence-corrected chi connectivity index (χ2v) is 10.3. The lowest BCUT2D eigenvalue weighted by molar-refractivity contribution is -0.123. The first-order valence-corrected chi connectivity index (χ1v) is 13.1. The van der Waals surface area contributed by atoms with Crippen LogP contribution >= 0.6 is 0 Å². The van der Waals surface area contributed by atoms with Crippen LogP contribution in [0, 0.1) is 0 Å². The number of carbonyl (C=O) groups excluding carboxylic acids is 1. The summed E-state index contributed by atoms with van der Waals surface area (Å²) in [6.45, 7) is 4.91. The highest BCUT2D eigenvalue weighted by molar-refractivity contribution is 6.00. The number of H-pyrrole nitrogens is 1. The smallest absolute Gasteiger partial charge is 0.393 e. The molecule has 1 heterocycles. The van der Waals surface area contributed by atoms with Crippen molar-refractivity contribution in [3.63, 3.8) is 0 Å². The third kappa shape index (κ3) is 7.95. The number of primary amides is 1. The SMILES string of the molecule is CC(C)(CCC(N)=O)NCCOc1ccc(C(=C(CC(F)(F)F)c2ccccc2)c2ccc3[nH]ncc3c2)cc1. The minimum absolute atomic E-state index is 0.187. The van der Waals surface area contributed by atoms with E-state index in [4.69, 9.17) is 10.5 Å². The molecule has 40 heavy (non-hydrogen) atoms. The summed E-state index contributed by atoms with van der Waals surface area (Å²) in [4.78, 5) is 11.1. The zero-order valence-electron chi connectivity index (χ0n) is 22.5. The maximum atomic E-state index is 13.9. The number of fused-ring (bicyclic) bond motifs is 1. The second kappa shape index (κ2) is 12.4. The summed E-state index contributed by atoms with van der Waals surface area (Å²) in [5.74, 6) is 0.261. The average Bonchev–Trinajstić information content (AvgIpc) is 3.38. The quantitative estimate of drug-likeness (QED) is 0.139. The number of halogens is 3. The summed E-state index contributed by atoms with van der Waals surface area (Å²) >= 11 is 0. The summed E-state index contributed by atoms with van der Waals surface area (Å²) in [5, 5.41) is 11.1. The fourth-order valence-electron chi connectivity index (χ4n) is 4.59. The van der Waals surface area contributed by atoms with Crippen molar-refractivity contribution >= 4 is 28.0 Å². The molecule has 0 aliphatic rings. The van der Waals surface area contributed by atoms with Gasteiger partial charge in [-0.2, -0.15) is 18.3 Å². The molecular weight excluding hydrogens is 517 g/mol. The van der Waals surface area contributed by atoms with Gasteiger partial charge in [-0.3, -0.25) is 9.89 Å². The van der Waals surface area contributed by atoms with Gasteiger partial charge in [0.15, 0.2) is 0 Å². The molecular formula is C31H33F3N4O2. The molecule has 0 spiro atoms. The van der Waals surface area contributed by atoms with Crippen molar-refractivity contribution in [3.05, 3.63) is 95.7 Å². The first-order chi connectivity index (χ1) is 19.0. The molecule has 0 unspecified atom stereocenters. The van der Waals surface area contributed by atoms with Crippen LogP contribution in [0.1, 0.15) is 49.8 Å². The largest absolute Gasteiger partial charge is 0.492 e. The highest BCUT2D eigenvalue weighted by Crippen LogP contribution is 2.40. The molecule has 0 aliphatic heterocycles. The van der Waals surface area contributed by atoms with E-state index in [9.17, 15) is 18.0 Å². The number of alkyl halides is 3. The number of rotatable bonds is 12. The van der Waals surface area contributed by atoms with Crippen molar-refractivity contribution in [2.75, 3.05) is 13.2 Å². The Morgan fingerprint density at radius 1 is 0.975 bits per heavy atom. The maximum absolute atomic E-state index is 13.9. The highest BCUT2D eigenvalue weighted by atomic mass is 19.4. The van der Waals surface area contributed by atoms with Crippen LogP contribution in [0.5, 0.6) is 5.75 Å². The van der Waals surface area contributed by atoms with E-state index in [2.05, 4.69) is 15.5 Å². The first kappa shape index (κ1) is 28.9. The van der Waals surface area contributed by atoms with E-state index in [1.807, 2.05) is 32.0 Å². The predicted molar refractivity (Wildman–Crippen MR) is 152 cm³/mol.